The van der Waals surface area contributed by atoms with E-state index in [1.54, 1.807) is 36.0 Å². The monoisotopic (exact) mass is 363 g/mol. The van der Waals surface area contributed by atoms with Crippen LogP contribution in [-0.2, 0) is 0 Å². The SMILES string of the molecule is CNC(=O)c1cccc(-c2ccn3nc(-c4cccc(F)c4F)cc3c2)c1. The normalized spacial score (nSPS) is 10.9. The molecule has 4 rings (SSSR count). The number of aromatic nitrogens is 2. The van der Waals surface area contributed by atoms with Gasteiger partial charge in [-0.2, -0.15) is 5.10 Å². The minimum atomic E-state index is -0.917. The summed E-state index contributed by atoms with van der Waals surface area (Å²) in [5.41, 5.74) is 3.52. The molecular formula is C21H15F2N3O. The molecule has 0 spiro atoms. The Morgan fingerprint density at radius 3 is 2.59 bits per heavy atom. The van der Waals surface area contributed by atoms with Crippen LogP contribution in [0.3, 0.4) is 0 Å². The summed E-state index contributed by atoms with van der Waals surface area (Å²) in [5.74, 6) is -1.98. The zero-order valence-electron chi connectivity index (χ0n) is 14.4. The third-order valence-corrected chi connectivity index (χ3v) is 4.38. The van der Waals surface area contributed by atoms with E-state index in [1.807, 2.05) is 24.3 Å². The smallest absolute Gasteiger partial charge is 0.251 e. The van der Waals surface area contributed by atoms with Crippen molar-refractivity contribution in [3.63, 3.8) is 0 Å². The molecule has 27 heavy (non-hydrogen) atoms. The molecule has 2 aromatic carbocycles. The Bertz CT molecular complexity index is 1170. The second kappa shape index (κ2) is 6.64. The number of halogens is 2. The van der Waals surface area contributed by atoms with E-state index in [4.69, 9.17) is 0 Å². The molecule has 0 saturated carbocycles. The summed E-state index contributed by atoms with van der Waals surface area (Å²) < 4.78 is 29.2. The maximum absolute atomic E-state index is 14.1. The van der Waals surface area contributed by atoms with Crippen LogP contribution in [-0.4, -0.2) is 22.6 Å². The number of amides is 1. The molecule has 0 unspecified atom stereocenters. The van der Waals surface area contributed by atoms with Crippen molar-refractivity contribution in [1.29, 1.82) is 0 Å². The number of hydrogen-bond acceptors (Lipinski definition) is 2. The lowest BCUT2D eigenvalue weighted by Gasteiger charge is -2.05. The fourth-order valence-electron chi connectivity index (χ4n) is 2.99. The first kappa shape index (κ1) is 16.9. The average molecular weight is 363 g/mol. The first-order valence-electron chi connectivity index (χ1n) is 8.33. The average Bonchev–Trinajstić information content (AvgIpc) is 3.12. The quantitative estimate of drug-likeness (QED) is 0.590. The zero-order chi connectivity index (χ0) is 19.0. The number of carbonyl (C=O) groups excluding carboxylic acids is 1. The van der Waals surface area contributed by atoms with E-state index in [9.17, 15) is 13.6 Å². The Morgan fingerprint density at radius 2 is 1.78 bits per heavy atom. The third kappa shape index (κ3) is 3.06. The second-order valence-electron chi connectivity index (χ2n) is 6.08. The van der Waals surface area contributed by atoms with Gasteiger partial charge in [-0.05, 0) is 53.6 Å². The van der Waals surface area contributed by atoms with Gasteiger partial charge >= 0.3 is 0 Å². The lowest BCUT2D eigenvalue weighted by Crippen LogP contribution is -2.17. The summed E-state index contributed by atoms with van der Waals surface area (Å²) in [6, 6.07) is 16.7. The number of nitrogens with zero attached hydrogens (tertiary/aromatic N) is 2. The number of pyridine rings is 1. The van der Waals surface area contributed by atoms with Gasteiger partial charge in [0, 0.05) is 24.4 Å². The molecule has 1 amide bonds. The molecule has 0 aliphatic rings. The highest BCUT2D eigenvalue weighted by molar-refractivity contribution is 5.95. The summed E-state index contributed by atoms with van der Waals surface area (Å²) in [7, 11) is 1.58. The Kier molecular flexibility index (Phi) is 4.16. The minimum Gasteiger partial charge on any atom is -0.355 e. The van der Waals surface area contributed by atoms with Crippen molar-refractivity contribution in [3.05, 3.63) is 84.1 Å². The van der Waals surface area contributed by atoms with E-state index < -0.39 is 11.6 Å². The molecule has 0 fully saturated rings. The lowest BCUT2D eigenvalue weighted by atomic mass is 10.0. The van der Waals surface area contributed by atoms with Crippen LogP contribution in [0.4, 0.5) is 8.78 Å². The molecule has 0 radical (unpaired) electrons. The van der Waals surface area contributed by atoms with Gasteiger partial charge in [0.05, 0.1) is 11.2 Å². The fourth-order valence-corrected chi connectivity index (χ4v) is 2.99. The van der Waals surface area contributed by atoms with Crippen molar-refractivity contribution >= 4 is 11.4 Å². The van der Waals surface area contributed by atoms with Crippen LogP contribution in [0.15, 0.2) is 66.9 Å². The standard InChI is InChI=1S/C21H15F2N3O/c1-24-21(27)15-5-2-4-13(10-15)14-8-9-26-16(11-14)12-19(25-26)17-6-3-7-18(22)20(17)23/h2-12H,1H3,(H,24,27). The van der Waals surface area contributed by atoms with E-state index >= 15 is 0 Å². The van der Waals surface area contributed by atoms with Crippen molar-refractivity contribution in [2.75, 3.05) is 7.05 Å². The highest BCUT2D eigenvalue weighted by Crippen LogP contribution is 2.27. The van der Waals surface area contributed by atoms with Gasteiger partial charge in [0.1, 0.15) is 0 Å². The number of hydrogen-bond donors (Lipinski definition) is 1. The van der Waals surface area contributed by atoms with Crippen LogP contribution in [0.25, 0.3) is 27.9 Å². The summed E-state index contributed by atoms with van der Waals surface area (Å²) in [6.07, 6.45) is 1.75. The van der Waals surface area contributed by atoms with E-state index in [0.717, 1.165) is 22.7 Å². The van der Waals surface area contributed by atoms with Gasteiger partial charge in [-0.1, -0.05) is 18.2 Å². The van der Waals surface area contributed by atoms with E-state index in [2.05, 4.69) is 10.4 Å². The van der Waals surface area contributed by atoms with Crippen LogP contribution in [0, 0.1) is 11.6 Å². The number of nitrogens with one attached hydrogen (secondary N) is 1. The summed E-state index contributed by atoms with van der Waals surface area (Å²) >= 11 is 0. The van der Waals surface area contributed by atoms with Crippen LogP contribution in [0.2, 0.25) is 0 Å². The van der Waals surface area contributed by atoms with E-state index in [-0.39, 0.29) is 11.5 Å². The maximum atomic E-state index is 14.1. The van der Waals surface area contributed by atoms with E-state index in [1.165, 1.54) is 12.1 Å². The van der Waals surface area contributed by atoms with Crippen LogP contribution < -0.4 is 5.32 Å². The molecule has 4 nitrogen and oxygen atoms in total. The molecule has 4 aromatic rings. The second-order valence-corrected chi connectivity index (χ2v) is 6.08. The van der Waals surface area contributed by atoms with Gasteiger partial charge in [0.25, 0.3) is 5.91 Å². The summed E-state index contributed by atoms with van der Waals surface area (Å²) in [6.45, 7) is 0. The Hall–Kier alpha value is -3.54. The van der Waals surface area contributed by atoms with Crippen molar-refractivity contribution in [2.45, 2.75) is 0 Å². The van der Waals surface area contributed by atoms with Crippen molar-refractivity contribution < 1.29 is 13.6 Å². The van der Waals surface area contributed by atoms with Crippen LogP contribution in [0.1, 0.15) is 10.4 Å². The first-order chi connectivity index (χ1) is 13.1. The molecule has 2 aromatic heterocycles. The molecule has 0 atom stereocenters. The first-order valence-corrected chi connectivity index (χ1v) is 8.33. The highest BCUT2D eigenvalue weighted by atomic mass is 19.2. The van der Waals surface area contributed by atoms with Crippen LogP contribution >= 0.6 is 0 Å². The molecular weight excluding hydrogens is 348 g/mol. The number of rotatable bonds is 3. The Labute approximate surface area is 154 Å². The molecule has 0 aliphatic carbocycles. The Balaban J connectivity index is 1.78. The Morgan fingerprint density at radius 1 is 1.00 bits per heavy atom. The fraction of sp³-hybridized carbons (Fsp3) is 0.0476. The summed E-state index contributed by atoms with van der Waals surface area (Å²) in [4.78, 5) is 11.8. The van der Waals surface area contributed by atoms with Gasteiger partial charge in [0.15, 0.2) is 11.6 Å². The van der Waals surface area contributed by atoms with E-state index in [0.29, 0.717) is 11.3 Å². The lowest BCUT2D eigenvalue weighted by molar-refractivity contribution is 0.0963. The highest BCUT2D eigenvalue weighted by Gasteiger charge is 2.13. The van der Waals surface area contributed by atoms with Crippen molar-refractivity contribution in [1.82, 2.24) is 14.9 Å². The predicted molar refractivity (Wildman–Crippen MR) is 99.4 cm³/mol. The predicted octanol–water partition coefficient (Wildman–Crippen LogP) is 4.31. The zero-order valence-corrected chi connectivity index (χ0v) is 14.4. The van der Waals surface area contributed by atoms with Gasteiger partial charge < -0.3 is 5.32 Å². The molecule has 2 heterocycles. The van der Waals surface area contributed by atoms with Gasteiger partial charge in [-0.25, -0.2) is 13.3 Å². The molecule has 6 heteroatoms. The molecule has 0 aliphatic heterocycles. The number of benzene rings is 2. The van der Waals surface area contributed by atoms with Gasteiger partial charge in [0.2, 0.25) is 0 Å². The number of fused-ring (bicyclic) bond motifs is 1. The number of carbonyl (C=O) groups is 1. The topological polar surface area (TPSA) is 46.4 Å². The third-order valence-electron chi connectivity index (χ3n) is 4.38. The van der Waals surface area contributed by atoms with Crippen molar-refractivity contribution in [2.24, 2.45) is 0 Å². The van der Waals surface area contributed by atoms with Crippen molar-refractivity contribution in [3.8, 4) is 22.4 Å². The molecule has 134 valence electrons. The largest absolute Gasteiger partial charge is 0.355 e. The minimum absolute atomic E-state index is 0.113. The molecule has 1 N–H and O–H groups in total. The molecule has 0 saturated heterocycles. The van der Waals surface area contributed by atoms with Gasteiger partial charge in [-0.15, -0.1) is 0 Å². The maximum Gasteiger partial charge on any atom is 0.251 e. The van der Waals surface area contributed by atoms with Gasteiger partial charge in [-0.3, -0.25) is 4.79 Å². The molecule has 0 bridgehead atoms. The summed E-state index contributed by atoms with van der Waals surface area (Å²) in [5, 5.41) is 6.93. The van der Waals surface area contributed by atoms with Crippen LogP contribution in [0.5, 0.6) is 0 Å².